The molecule has 3 aliphatic rings. The Bertz CT molecular complexity index is 308. The van der Waals surface area contributed by atoms with Crippen LogP contribution in [0.2, 0.25) is 0 Å². The van der Waals surface area contributed by atoms with Gasteiger partial charge in [-0.1, -0.05) is 0 Å². The normalized spacial score (nSPS) is 31.9. The minimum absolute atomic E-state index is 0.0174. The Balaban J connectivity index is 1.75. The molecule has 5 heteroatoms. The van der Waals surface area contributed by atoms with Crippen LogP contribution in [0.25, 0.3) is 0 Å². The molecule has 0 aromatic carbocycles. The molecule has 0 bridgehead atoms. The Morgan fingerprint density at radius 3 is 2.60 bits per heavy atom. The molecule has 1 atom stereocenters. The third-order valence-electron chi connectivity index (χ3n) is 3.35. The molecule has 3 amide bonds. The summed E-state index contributed by atoms with van der Waals surface area (Å²) < 4.78 is 0. The lowest BCUT2D eigenvalue weighted by atomic mass is 10.3. The van der Waals surface area contributed by atoms with E-state index in [0.717, 1.165) is 32.2 Å². The van der Waals surface area contributed by atoms with E-state index in [1.165, 1.54) is 4.90 Å². The molecule has 1 unspecified atom stereocenters. The summed E-state index contributed by atoms with van der Waals surface area (Å²) in [5.74, 6) is -0.0174. The first kappa shape index (κ1) is 9.15. The minimum atomic E-state index is -0.0816. The fourth-order valence-corrected chi connectivity index (χ4v) is 2.40. The zero-order valence-corrected chi connectivity index (χ0v) is 8.61. The Morgan fingerprint density at radius 1 is 1.20 bits per heavy atom. The molecule has 1 aliphatic carbocycles. The molecule has 0 spiro atoms. The molecule has 3 rings (SSSR count). The van der Waals surface area contributed by atoms with E-state index in [1.807, 2.05) is 0 Å². The number of imide groups is 1. The average molecular weight is 209 g/mol. The lowest BCUT2D eigenvalue weighted by molar-refractivity contribution is -0.125. The second kappa shape index (κ2) is 3.20. The van der Waals surface area contributed by atoms with Gasteiger partial charge < -0.3 is 0 Å². The fraction of sp³-hybridized carbons (Fsp3) is 0.800. The van der Waals surface area contributed by atoms with Crippen LogP contribution < -0.4 is 5.32 Å². The molecule has 0 aromatic rings. The summed E-state index contributed by atoms with van der Waals surface area (Å²) in [5, 5.41) is 3.26. The quantitative estimate of drug-likeness (QED) is 0.657. The summed E-state index contributed by atoms with van der Waals surface area (Å²) in [6, 6.07) is 0.123. The van der Waals surface area contributed by atoms with Crippen molar-refractivity contribution in [3.05, 3.63) is 0 Å². The summed E-state index contributed by atoms with van der Waals surface area (Å²) >= 11 is 0. The Kier molecular flexibility index (Phi) is 1.95. The molecule has 2 aliphatic heterocycles. The van der Waals surface area contributed by atoms with Gasteiger partial charge >= 0.3 is 6.03 Å². The molecule has 0 radical (unpaired) electrons. The van der Waals surface area contributed by atoms with Crippen LogP contribution in [0, 0.1) is 0 Å². The first-order valence-electron chi connectivity index (χ1n) is 5.63. The summed E-state index contributed by atoms with van der Waals surface area (Å²) in [5.41, 5.74) is 0. The molecule has 1 saturated carbocycles. The molecular weight excluding hydrogens is 194 g/mol. The van der Waals surface area contributed by atoms with Crippen molar-refractivity contribution in [3.8, 4) is 0 Å². The van der Waals surface area contributed by atoms with Crippen molar-refractivity contribution in [2.75, 3.05) is 13.1 Å². The number of carbonyl (C=O) groups excluding carboxylic acids is 2. The third kappa shape index (κ3) is 1.42. The molecule has 5 nitrogen and oxygen atoms in total. The second-order valence-corrected chi connectivity index (χ2v) is 4.52. The predicted octanol–water partition coefficient (Wildman–Crippen LogP) is 0.123. The van der Waals surface area contributed by atoms with Crippen molar-refractivity contribution in [3.63, 3.8) is 0 Å². The first-order valence-corrected chi connectivity index (χ1v) is 5.63. The van der Waals surface area contributed by atoms with Gasteiger partial charge in [0.25, 0.3) is 5.91 Å². The molecule has 82 valence electrons. The summed E-state index contributed by atoms with van der Waals surface area (Å²) in [4.78, 5) is 26.8. The van der Waals surface area contributed by atoms with E-state index in [-0.39, 0.29) is 30.7 Å². The topological polar surface area (TPSA) is 52.7 Å². The highest BCUT2D eigenvalue weighted by Gasteiger charge is 2.46. The first-order chi connectivity index (χ1) is 7.27. The second-order valence-electron chi connectivity index (χ2n) is 4.52. The van der Waals surface area contributed by atoms with E-state index in [4.69, 9.17) is 0 Å². The van der Waals surface area contributed by atoms with Crippen molar-refractivity contribution < 1.29 is 9.59 Å². The van der Waals surface area contributed by atoms with E-state index >= 15 is 0 Å². The molecule has 3 fully saturated rings. The van der Waals surface area contributed by atoms with Gasteiger partial charge in [-0.25, -0.2) is 4.79 Å². The number of nitrogens with one attached hydrogen (secondary N) is 1. The van der Waals surface area contributed by atoms with Crippen LogP contribution in [-0.4, -0.2) is 47.0 Å². The number of urea groups is 1. The standard InChI is InChI=1S/C10H15N3O2/c14-9-6-12(8-2-1-5-11-8)10(15)13(9)7-3-4-7/h7-8,11H,1-6H2. The zero-order chi connectivity index (χ0) is 10.4. The number of hydrogen-bond donors (Lipinski definition) is 1. The highest BCUT2D eigenvalue weighted by Crippen LogP contribution is 2.31. The largest absolute Gasteiger partial charge is 0.328 e. The smallest absolute Gasteiger partial charge is 0.299 e. The van der Waals surface area contributed by atoms with Gasteiger partial charge in [0, 0.05) is 6.04 Å². The van der Waals surface area contributed by atoms with Crippen LogP contribution >= 0.6 is 0 Å². The van der Waals surface area contributed by atoms with Crippen molar-refractivity contribution in [2.24, 2.45) is 0 Å². The van der Waals surface area contributed by atoms with Gasteiger partial charge in [-0.15, -0.1) is 0 Å². The molecule has 2 saturated heterocycles. The van der Waals surface area contributed by atoms with Crippen LogP contribution in [0.5, 0.6) is 0 Å². The van der Waals surface area contributed by atoms with Gasteiger partial charge in [0.2, 0.25) is 0 Å². The highest BCUT2D eigenvalue weighted by molar-refractivity contribution is 6.02. The maximum atomic E-state index is 12.0. The van der Waals surface area contributed by atoms with Crippen molar-refractivity contribution in [1.82, 2.24) is 15.1 Å². The molecular formula is C10H15N3O2. The monoisotopic (exact) mass is 209 g/mol. The number of carbonyl (C=O) groups is 2. The van der Waals surface area contributed by atoms with E-state index in [2.05, 4.69) is 5.32 Å². The van der Waals surface area contributed by atoms with Crippen molar-refractivity contribution >= 4 is 11.9 Å². The van der Waals surface area contributed by atoms with Crippen LogP contribution in [0.1, 0.15) is 25.7 Å². The van der Waals surface area contributed by atoms with Gasteiger partial charge in [-0.05, 0) is 32.2 Å². The maximum absolute atomic E-state index is 12.0. The summed E-state index contributed by atoms with van der Waals surface area (Å²) in [7, 11) is 0. The molecule has 0 aromatic heterocycles. The van der Waals surface area contributed by atoms with Crippen LogP contribution in [0.3, 0.4) is 0 Å². The molecule has 1 N–H and O–H groups in total. The number of rotatable bonds is 2. The van der Waals surface area contributed by atoms with Crippen molar-refractivity contribution in [2.45, 2.75) is 37.9 Å². The Hall–Kier alpha value is -1.10. The Morgan fingerprint density at radius 2 is 2.00 bits per heavy atom. The number of nitrogens with zero attached hydrogens (tertiary/aromatic N) is 2. The van der Waals surface area contributed by atoms with E-state index in [0.29, 0.717) is 0 Å². The van der Waals surface area contributed by atoms with E-state index < -0.39 is 0 Å². The van der Waals surface area contributed by atoms with E-state index in [9.17, 15) is 9.59 Å². The van der Waals surface area contributed by atoms with Gasteiger partial charge in [-0.2, -0.15) is 0 Å². The van der Waals surface area contributed by atoms with E-state index in [1.54, 1.807) is 4.90 Å². The van der Waals surface area contributed by atoms with Crippen LogP contribution in [0.4, 0.5) is 4.79 Å². The molecule has 15 heavy (non-hydrogen) atoms. The van der Waals surface area contributed by atoms with Gasteiger partial charge in [0.05, 0.1) is 6.17 Å². The predicted molar refractivity (Wildman–Crippen MR) is 53.0 cm³/mol. The van der Waals surface area contributed by atoms with Gasteiger partial charge in [0.1, 0.15) is 6.54 Å². The Labute approximate surface area is 88.4 Å². The summed E-state index contributed by atoms with van der Waals surface area (Å²) in [6.45, 7) is 1.22. The van der Waals surface area contributed by atoms with Crippen LogP contribution in [-0.2, 0) is 4.79 Å². The number of amides is 3. The average Bonchev–Trinajstić information content (AvgIpc) is 2.79. The number of hydrogen-bond acceptors (Lipinski definition) is 3. The van der Waals surface area contributed by atoms with Crippen molar-refractivity contribution in [1.29, 1.82) is 0 Å². The lowest BCUT2D eigenvalue weighted by Crippen LogP contribution is -2.44. The highest BCUT2D eigenvalue weighted by atomic mass is 16.2. The maximum Gasteiger partial charge on any atom is 0.328 e. The lowest BCUT2D eigenvalue weighted by Gasteiger charge is -2.23. The van der Waals surface area contributed by atoms with Gasteiger partial charge in [-0.3, -0.25) is 19.9 Å². The SMILES string of the molecule is O=C1CN(C2CCCN2)C(=O)N1C1CC1. The zero-order valence-electron chi connectivity index (χ0n) is 8.61. The fourth-order valence-electron chi connectivity index (χ4n) is 2.40. The molecule has 2 heterocycles. The van der Waals surface area contributed by atoms with Crippen LogP contribution in [0.15, 0.2) is 0 Å². The summed E-state index contributed by atoms with van der Waals surface area (Å²) in [6.07, 6.45) is 4.13. The van der Waals surface area contributed by atoms with Gasteiger partial charge in [0.15, 0.2) is 0 Å². The third-order valence-corrected chi connectivity index (χ3v) is 3.35. The minimum Gasteiger partial charge on any atom is -0.299 e.